The van der Waals surface area contributed by atoms with Gasteiger partial charge in [-0.1, -0.05) is 0 Å². The summed E-state index contributed by atoms with van der Waals surface area (Å²) < 4.78 is 11.8. The standard InChI is InChI=1S/C19H28BrN3O3/c1-13-7-6-8-14(2)23(13)21-11-15-9-16(20)19(17(10-15)25-5)26-12-18(24)22(3)4/h9-11,13-14H,6-8,12H2,1-5H3/b21-11-/t13-,14-/m1/s1. The van der Waals surface area contributed by atoms with Crippen LogP contribution in [-0.4, -0.2) is 61.9 Å². The molecular formula is C19H28BrN3O3. The fraction of sp³-hybridized carbons (Fsp3) is 0.579. The molecule has 0 unspecified atom stereocenters. The maximum Gasteiger partial charge on any atom is 0.259 e. The number of carbonyl (C=O) groups excluding carboxylic acids is 1. The molecule has 6 nitrogen and oxygen atoms in total. The summed E-state index contributed by atoms with van der Waals surface area (Å²) in [5.74, 6) is 0.962. The minimum absolute atomic E-state index is 0.0434. The lowest BCUT2D eigenvalue weighted by molar-refractivity contribution is -0.130. The van der Waals surface area contributed by atoms with Gasteiger partial charge in [-0.05, 0) is 66.7 Å². The fourth-order valence-corrected chi connectivity index (χ4v) is 3.56. The molecule has 0 aromatic heterocycles. The van der Waals surface area contributed by atoms with Crippen LogP contribution in [0.3, 0.4) is 0 Å². The van der Waals surface area contributed by atoms with E-state index in [1.807, 2.05) is 18.3 Å². The largest absolute Gasteiger partial charge is 0.493 e. The molecule has 2 rings (SSSR count). The predicted molar refractivity (Wildman–Crippen MR) is 107 cm³/mol. The van der Waals surface area contributed by atoms with Crippen molar-refractivity contribution in [3.8, 4) is 11.5 Å². The summed E-state index contributed by atoms with van der Waals surface area (Å²) in [6.45, 7) is 4.38. The zero-order chi connectivity index (χ0) is 19.3. The molecule has 1 aromatic carbocycles. The molecule has 1 aliphatic heterocycles. The van der Waals surface area contributed by atoms with E-state index in [-0.39, 0.29) is 12.5 Å². The van der Waals surface area contributed by atoms with Crippen molar-refractivity contribution in [2.75, 3.05) is 27.8 Å². The van der Waals surface area contributed by atoms with Crippen molar-refractivity contribution in [1.82, 2.24) is 9.91 Å². The maximum atomic E-state index is 11.8. The molecule has 0 N–H and O–H groups in total. The van der Waals surface area contributed by atoms with E-state index >= 15 is 0 Å². The highest BCUT2D eigenvalue weighted by Gasteiger charge is 2.22. The lowest BCUT2D eigenvalue weighted by Gasteiger charge is -2.36. The van der Waals surface area contributed by atoms with Crippen LogP contribution in [0.4, 0.5) is 0 Å². The van der Waals surface area contributed by atoms with E-state index in [2.05, 4.69) is 39.9 Å². The molecule has 0 aliphatic carbocycles. The van der Waals surface area contributed by atoms with Crippen molar-refractivity contribution in [1.29, 1.82) is 0 Å². The number of hydrogen-bond acceptors (Lipinski definition) is 5. The van der Waals surface area contributed by atoms with E-state index in [0.29, 0.717) is 23.6 Å². The molecule has 1 aliphatic rings. The number of halogens is 1. The van der Waals surface area contributed by atoms with Gasteiger partial charge >= 0.3 is 0 Å². The van der Waals surface area contributed by atoms with Gasteiger partial charge in [0.25, 0.3) is 5.91 Å². The highest BCUT2D eigenvalue weighted by molar-refractivity contribution is 9.10. The Balaban J connectivity index is 2.17. The van der Waals surface area contributed by atoms with E-state index in [1.54, 1.807) is 21.2 Å². The van der Waals surface area contributed by atoms with E-state index in [9.17, 15) is 4.79 Å². The highest BCUT2D eigenvalue weighted by Crippen LogP contribution is 2.36. The lowest BCUT2D eigenvalue weighted by atomic mass is 10.00. The fourth-order valence-electron chi connectivity index (χ4n) is 2.99. The van der Waals surface area contributed by atoms with Gasteiger partial charge in [-0.15, -0.1) is 0 Å². The lowest BCUT2D eigenvalue weighted by Crippen LogP contribution is -2.39. The third-order valence-corrected chi connectivity index (χ3v) is 5.17. The number of rotatable bonds is 6. The molecule has 0 bridgehead atoms. The minimum Gasteiger partial charge on any atom is -0.493 e. The SMILES string of the molecule is COc1cc(/C=N\N2[C@H](C)CCC[C@H]2C)cc(Br)c1OCC(=O)N(C)C. The van der Waals surface area contributed by atoms with Crippen LogP contribution in [0.15, 0.2) is 21.7 Å². The molecule has 1 heterocycles. The Labute approximate surface area is 164 Å². The Kier molecular flexibility index (Phi) is 7.32. The molecule has 0 spiro atoms. The average molecular weight is 426 g/mol. The molecule has 144 valence electrons. The molecule has 7 heteroatoms. The van der Waals surface area contributed by atoms with Crippen molar-refractivity contribution in [3.05, 3.63) is 22.2 Å². The third-order valence-electron chi connectivity index (χ3n) is 4.58. The molecule has 1 saturated heterocycles. The Bertz CT molecular complexity index is 654. The Morgan fingerprint density at radius 1 is 1.35 bits per heavy atom. The van der Waals surface area contributed by atoms with Crippen molar-refractivity contribution in [2.45, 2.75) is 45.2 Å². The monoisotopic (exact) mass is 425 g/mol. The predicted octanol–water partition coefficient (Wildman–Crippen LogP) is 3.52. The molecule has 2 atom stereocenters. The summed E-state index contributed by atoms with van der Waals surface area (Å²) >= 11 is 3.51. The van der Waals surface area contributed by atoms with Gasteiger partial charge in [-0.2, -0.15) is 5.10 Å². The molecule has 1 fully saturated rings. The molecule has 1 aromatic rings. The summed E-state index contributed by atoms with van der Waals surface area (Å²) in [5, 5.41) is 6.86. The van der Waals surface area contributed by atoms with E-state index in [1.165, 1.54) is 24.2 Å². The van der Waals surface area contributed by atoms with Crippen LogP contribution in [0.5, 0.6) is 11.5 Å². The number of piperidine rings is 1. The first kappa shape index (κ1) is 20.6. The maximum absolute atomic E-state index is 11.8. The second-order valence-electron chi connectivity index (χ2n) is 6.86. The van der Waals surface area contributed by atoms with Crippen molar-refractivity contribution in [3.63, 3.8) is 0 Å². The van der Waals surface area contributed by atoms with Crippen LogP contribution < -0.4 is 9.47 Å². The summed E-state index contributed by atoms with van der Waals surface area (Å²) in [6.07, 6.45) is 5.44. The molecule has 1 amide bonds. The third kappa shape index (κ3) is 5.13. The van der Waals surface area contributed by atoms with Crippen molar-refractivity contribution < 1.29 is 14.3 Å². The van der Waals surface area contributed by atoms with Crippen LogP contribution >= 0.6 is 15.9 Å². The van der Waals surface area contributed by atoms with Gasteiger partial charge in [0, 0.05) is 26.2 Å². The number of methoxy groups -OCH3 is 1. The number of likely N-dealkylation sites (N-methyl/N-ethyl adjacent to an activating group) is 1. The normalized spacial score (nSPS) is 20.3. The van der Waals surface area contributed by atoms with Crippen LogP contribution in [0, 0.1) is 0 Å². The van der Waals surface area contributed by atoms with Gasteiger partial charge in [-0.3, -0.25) is 9.80 Å². The van der Waals surface area contributed by atoms with Gasteiger partial charge in [0.05, 0.1) is 17.8 Å². The number of carbonyl (C=O) groups is 1. The topological polar surface area (TPSA) is 54.4 Å². The smallest absolute Gasteiger partial charge is 0.259 e. The second kappa shape index (κ2) is 9.26. The summed E-state index contributed by atoms with van der Waals surface area (Å²) in [4.78, 5) is 13.2. The van der Waals surface area contributed by atoms with E-state index in [0.717, 1.165) is 10.0 Å². The zero-order valence-electron chi connectivity index (χ0n) is 16.2. The Morgan fingerprint density at radius 2 is 2.00 bits per heavy atom. The minimum atomic E-state index is -0.113. The van der Waals surface area contributed by atoms with E-state index < -0.39 is 0 Å². The number of ether oxygens (including phenoxy) is 2. The quantitative estimate of drug-likeness (QED) is 0.654. The zero-order valence-corrected chi connectivity index (χ0v) is 17.7. The van der Waals surface area contributed by atoms with Crippen LogP contribution in [0.25, 0.3) is 0 Å². The second-order valence-corrected chi connectivity index (χ2v) is 7.72. The molecule has 0 radical (unpaired) electrons. The number of nitrogens with zero attached hydrogens (tertiary/aromatic N) is 3. The van der Waals surface area contributed by atoms with Crippen LogP contribution in [0.1, 0.15) is 38.7 Å². The van der Waals surface area contributed by atoms with Crippen LogP contribution in [-0.2, 0) is 4.79 Å². The highest BCUT2D eigenvalue weighted by atomic mass is 79.9. The van der Waals surface area contributed by atoms with Crippen LogP contribution in [0.2, 0.25) is 0 Å². The first-order chi connectivity index (χ1) is 12.3. The van der Waals surface area contributed by atoms with Gasteiger partial charge in [0.2, 0.25) is 0 Å². The van der Waals surface area contributed by atoms with Crippen molar-refractivity contribution in [2.24, 2.45) is 5.10 Å². The number of benzene rings is 1. The summed E-state index contributed by atoms with van der Waals surface area (Å²) in [5.41, 5.74) is 0.907. The first-order valence-corrected chi connectivity index (χ1v) is 9.65. The molecular weight excluding hydrogens is 398 g/mol. The van der Waals surface area contributed by atoms with Crippen molar-refractivity contribution >= 4 is 28.1 Å². The summed E-state index contributed by atoms with van der Waals surface area (Å²) in [6, 6.07) is 4.67. The average Bonchev–Trinajstić information content (AvgIpc) is 2.59. The Morgan fingerprint density at radius 3 is 2.58 bits per heavy atom. The van der Waals surface area contributed by atoms with Gasteiger partial charge in [0.1, 0.15) is 0 Å². The first-order valence-electron chi connectivity index (χ1n) is 8.86. The molecule has 26 heavy (non-hydrogen) atoms. The van der Waals surface area contributed by atoms with Gasteiger partial charge in [0.15, 0.2) is 18.1 Å². The van der Waals surface area contributed by atoms with E-state index in [4.69, 9.17) is 9.47 Å². The van der Waals surface area contributed by atoms with Gasteiger partial charge in [-0.25, -0.2) is 0 Å². The Hall–Kier alpha value is -1.76. The number of amides is 1. The number of hydrogen-bond donors (Lipinski definition) is 0. The molecule has 0 saturated carbocycles. The van der Waals surface area contributed by atoms with Gasteiger partial charge < -0.3 is 14.4 Å². The summed E-state index contributed by atoms with van der Waals surface area (Å²) in [7, 11) is 4.97. The number of hydrazone groups is 1.